The van der Waals surface area contributed by atoms with Gasteiger partial charge in [0, 0.05) is 7.05 Å². The monoisotopic (exact) mass is 184 g/mol. The lowest BCUT2D eigenvalue weighted by atomic mass is 10.1. The molecule has 5 nitrogen and oxygen atoms in total. The molecular weight excluding hydrogens is 172 g/mol. The van der Waals surface area contributed by atoms with Crippen molar-refractivity contribution in [1.29, 1.82) is 0 Å². The number of carboxylic acid groups (broad SMARTS) is 1. The Morgan fingerprint density at radius 1 is 1.77 bits per heavy atom. The van der Waals surface area contributed by atoms with Gasteiger partial charge in [-0.2, -0.15) is 5.10 Å². The second-order valence-electron chi connectivity index (χ2n) is 2.95. The maximum absolute atomic E-state index is 10.3. The molecule has 0 aliphatic carbocycles. The highest BCUT2D eigenvalue weighted by atomic mass is 16.4. The van der Waals surface area contributed by atoms with Crippen molar-refractivity contribution in [1.82, 2.24) is 9.78 Å². The minimum absolute atomic E-state index is 0.291. The summed E-state index contributed by atoms with van der Waals surface area (Å²) in [7, 11) is 1.67. The Morgan fingerprint density at radius 2 is 2.38 bits per heavy atom. The third-order valence-electron chi connectivity index (χ3n) is 1.86. The summed E-state index contributed by atoms with van der Waals surface area (Å²) in [6.45, 7) is 1.79. The first-order chi connectivity index (χ1) is 6.02. The smallest absolute Gasteiger partial charge is 0.306 e. The van der Waals surface area contributed by atoms with Crippen LogP contribution in [0.25, 0.3) is 0 Å². The van der Waals surface area contributed by atoms with Gasteiger partial charge >= 0.3 is 5.97 Å². The van der Waals surface area contributed by atoms with E-state index in [1.54, 1.807) is 20.2 Å². The molecule has 0 saturated heterocycles. The van der Waals surface area contributed by atoms with Crippen LogP contribution in [0.3, 0.4) is 0 Å². The lowest BCUT2D eigenvalue weighted by molar-refractivity contribution is -0.139. The fourth-order valence-electron chi connectivity index (χ4n) is 1.30. The van der Waals surface area contributed by atoms with Crippen molar-refractivity contribution in [2.24, 2.45) is 7.05 Å². The molecule has 1 aromatic rings. The number of hydrogen-bond acceptors (Lipinski definition) is 3. The predicted octanol–water partition coefficient (Wildman–Crippen LogP) is 0.237. The van der Waals surface area contributed by atoms with Gasteiger partial charge in [-0.25, -0.2) is 0 Å². The van der Waals surface area contributed by atoms with Crippen molar-refractivity contribution >= 4 is 5.97 Å². The van der Waals surface area contributed by atoms with Crippen molar-refractivity contribution in [3.05, 3.63) is 17.5 Å². The third kappa shape index (κ3) is 2.06. The van der Waals surface area contributed by atoms with Crippen LogP contribution in [0.1, 0.15) is 23.8 Å². The first kappa shape index (κ1) is 9.73. The number of aliphatic carboxylic acids is 1. The zero-order valence-corrected chi connectivity index (χ0v) is 7.56. The van der Waals surface area contributed by atoms with Crippen LogP contribution in [0.2, 0.25) is 0 Å². The van der Waals surface area contributed by atoms with Gasteiger partial charge in [-0.15, -0.1) is 0 Å². The maximum Gasteiger partial charge on any atom is 0.306 e. The molecule has 0 spiro atoms. The van der Waals surface area contributed by atoms with Crippen molar-refractivity contribution in [3.8, 4) is 0 Å². The molecule has 2 N–H and O–H groups in total. The molecule has 0 unspecified atom stereocenters. The first-order valence-corrected chi connectivity index (χ1v) is 3.90. The average molecular weight is 184 g/mol. The number of aliphatic hydroxyl groups is 1. The van der Waals surface area contributed by atoms with E-state index in [2.05, 4.69) is 5.10 Å². The van der Waals surface area contributed by atoms with Gasteiger partial charge in [-0.05, 0) is 12.5 Å². The van der Waals surface area contributed by atoms with E-state index in [-0.39, 0.29) is 6.42 Å². The molecule has 0 fully saturated rings. The predicted molar refractivity (Wildman–Crippen MR) is 45.2 cm³/mol. The van der Waals surface area contributed by atoms with Crippen molar-refractivity contribution in [2.75, 3.05) is 0 Å². The molecule has 0 amide bonds. The van der Waals surface area contributed by atoms with Crippen LogP contribution >= 0.6 is 0 Å². The van der Waals surface area contributed by atoms with Gasteiger partial charge in [0.1, 0.15) is 6.10 Å². The first-order valence-electron chi connectivity index (χ1n) is 3.90. The van der Waals surface area contributed by atoms with Gasteiger partial charge in [-0.1, -0.05) is 0 Å². The largest absolute Gasteiger partial charge is 0.481 e. The second-order valence-corrected chi connectivity index (χ2v) is 2.95. The normalized spacial score (nSPS) is 12.8. The van der Waals surface area contributed by atoms with E-state index in [1.807, 2.05) is 0 Å². The molecule has 5 heteroatoms. The highest BCUT2D eigenvalue weighted by molar-refractivity contribution is 5.67. The van der Waals surface area contributed by atoms with Crippen LogP contribution in [-0.4, -0.2) is 26.0 Å². The van der Waals surface area contributed by atoms with E-state index in [4.69, 9.17) is 5.11 Å². The van der Waals surface area contributed by atoms with Crippen molar-refractivity contribution in [2.45, 2.75) is 19.4 Å². The third-order valence-corrected chi connectivity index (χ3v) is 1.86. The van der Waals surface area contributed by atoms with Gasteiger partial charge < -0.3 is 10.2 Å². The molecular formula is C8H12N2O3. The summed E-state index contributed by atoms with van der Waals surface area (Å²) in [5.41, 5.74) is 1.36. The number of rotatable bonds is 3. The van der Waals surface area contributed by atoms with Gasteiger partial charge in [0.25, 0.3) is 0 Å². The van der Waals surface area contributed by atoms with Gasteiger partial charge in [0.15, 0.2) is 0 Å². The second kappa shape index (κ2) is 3.57. The van der Waals surface area contributed by atoms with Crippen LogP contribution < -0.4 is 0 Å². The molecule has 1 heterocycles. The topological polar surface area (TPSA) is 75.3 Å². The number of aryl methyl sites for hydroxylation is 2. The zero-order chi connectivity index (χ0) is 10.0. The Bertz CT molecular complexity index is 300. The molecule has 1 atom stereocenters. The number of carbonyl (C=O) groups is 1. The summed E-state index contributed by atoms with van der Waals surface area (Å²) in [6, 6.07) is 0. The van der Waals surface area contributed by atoms with E-state index >= 15 is 0 Å². The molecule has 0 aliphatic rings. The summed E-state index contributed by atoms with van der Waals surface area (Å²) in [4.78, 5) is 10.3. The Morgan fingerprint density at radius 3 is 2.77 bits per heavy atom. The molecule has 0 aliphatic heterocycles. The van der Waals surface area contributed by atoms with E-state index in [1.165, 1.54) is 4.68 Å². The molecule has 0 radical (unpaired) electrons. The Labute approximate surface area is 75.6 Å². The molecule has 13 heavy (non-hydrogen) atoms. The molecule has 0 aromatic carbocycles. The number of aliphatic hydroxyl groups excluding tert-OH is 1. The molecule has 72 valence electrons. The molecule has 0 saturated carbocycles. The van der Waals surface area contributed by atoms with Crippen LogP contribution in [-0.2, 0) is 11.8 Å². The molecule has 0 bridgehead atoms. The van der Waals surface area contributed by atoms with Gasteiger partial charge in [0.2, 0.25) is 0 Å². The fraction of sp³-hybridized carbons (Fsp3) is 0.500. The summed E-state index contributed by atoms with van der Waals surface area (Å²) in [5, 5.41) is 21.9. The van der Waals surface area contributed by atoms with Gasteiger partial charge in [0.05, 0.1) is 18.3 Å². The van der Waals surface area contributed by atoms with Gasteiger partial charge in [-0.3, -0.25) is 9.48 Å². The van der Waals surface area contributed by atoms with Crippen molar-refractivity contribution < 1.29 is 15.0 Å². The zero-order valence-electron chi connectivity index (χ0n) is 7.56. The number of nitrogens with zero attached hydrogens (tertiary/aromatic N) is 2. The van der Waals surface area contributed by atoms with Crippen LogP contribution in [0, 0.1) is 6.92 Å². The Hall–Kier alpha value is -1.36. The Balaban J connectivity index is 2.87. The number of aromatic nitrogens is 2. The number of carboxylic acids is 1. The lowest BCUT2D eigenvalue weighted by Gasteiger charge is -2.09. The van der Waals surface area contributed by atoms with E-state index < -0.39 is 12.1 Å². The maximum atomic E-state index is 10.3. The average Bonchev–Trinajstić information content (AvgIpc) is 2.29. The summed E-state index contributed by atoms with van der Waals surface area (Å²) >= 11 is 0. The molecule has 1 aromatic heterocycles. The Kier molecular flexibility index (Phi) is 2.67. The SMILES string of the molecule is Cc1cnn(C)c1[C@H](O)CC(=O)O. The molecule has 1 rings (SSSR count). The fourth-order valence-corrected chi connectivity index (χ4v) is 1.30. The highest BCUT2D eigenvalue weighted by Gasteiger charge is 2.17. The minimum Gasteiger partial charge on any atom is -0.481 e. The van der Waals surface area contributed by atoms with E-state index in [9.17, 15) is 9.90 Å². The minimum atomic E-state index is -1.02. The van der Waals surface area contributed by atoms with E-state index in [0.29, 0.717) is 5.69 Å². The van der Waals surface area contributed by atoms with Crippen LogP contribution in [0.4, 0.5) is 0 Å². The summed E-state index contributed by atoms with van der Waals surface area (Å²) < 4.78 is 1.49. The quantitative estimate of drug-likeness (QED) is 0.705. The van der Waals surface area contributed by atoms with Crippen LogP contribution in [0.15, 0.2) is 6.20 Å². The van der Waals surface area contributed by atoms with Crippen LogP contribution in [0.5, 0.6) is 0 Å². The summed E-state index contributed by atoms with van der Waals surface area (Å²) in [6.07, 6.45) is 0.325. The standard InChI is InChI=1S/C8H12N2O3/c1-5-4-9-10(2)8(5)6(11)3-7(12)13/h4,6,11H,3H2,1-2H3,(H,12,13)/t6-/m1/s1. The van der Waals surface area contributed by atoms with Crippen molar-refractivity contribution in [3.63, 3.8) is 0 Å². The number of hydrogen-bond donors (Lipinski definition) is 2. The highest BCUT2D eigenvalue weighted by Crippen LogP contribution is 2.19. The van der Waals surface area contributed by atoms with E-state index in [0.717, 1.165) is 5.56 Å². The summed E-state index contributed by atoms with van der Waals surface area (Å²) in [5.74, 6) is -1.02. The lowest BCUT2D eigenvalue weighted by Crippen LogP contribution is -2.10.